The molecule has 31 heavy (non-hydrogen) atoms. The van der Waals surface area contributed by atoms with Crippen LogP contribution >= 0.6 is 0 Å². The van der Waals surface area contributed by atoms with E-state index in [1.54, 1.807) is 36.4 Å². The normalized spacial score (nSPS) is 32.1. The van der Waals surface area contributed by atoms with Crippen molar-refractivity contribution in [2.45, 2.75) is 20.3 Å². The Morgan fingerprint density at radius 2 is 1.52 bits per heavy atom. The zero-order valence-corrected chi connectivity index (χ0v) is 17.4. The van der Waals surface area contributed by atoms with Gasteiger partial charge in [-0.3, -0.25) is 9.59 Å². The highest BCUT2D eigenvalue weighted by Crippen LogP contribution is 2.65. The van der Waals surface area contributed by atoms with Crippen LogP contribution in [0.2, 0.25) is 0 Å². The van der Waals surface area contributed by atoms with E-state index in [9.17, 15) is 14.4 Å². The number of allylic oxidation sites excluding steroid dienone is 2. The van der Waals surface area contributed by atoms with Crippen LogP contribution < -0.4 is 9.64 Å². The van der Waals surface area contributed by atoms with Crippen LogP contribution in [0.15, 0.2) is 54.6 Å². The van der Waals surface area contributed by atoms with Gasteiger partial charge in [0.2, 0.25) is 11.8 Å². The Bertz CT molecular complexity index is 1130. The average Bonchev–Trinajstić information content (AvgIpc) is 3.51. The van der Waals surface area contributed by atoms with Gasteiger partial charge in [0.1, 0.15) is 5.75 Å². The topological polar surface area (TPSA) is 63.7 Å². The zero-order chi connectivity index (χ0) is 21.4. The summed E-state index contributed by atoms with van der Waals surface area (Å²) in [7, 11) is 0. The van der Waals surface area contributed by atoms with Crippen molar-refractivity contribution >= 4 is 23.5 Å². The maximum Gasteiger partial charge on any atom is 0.343 e. The van der Waals surface area contributed by atoms with Gasteiger partial charge in [-0.25, -0.2) is 9.69 Å². The summed E-state index contributed by atoms with van der Waals surface area (Å²) in [6.07, 6.45) is 5.45. The Morgan fingerprint density at radius 1 is 0.903 bits per heavy atom. The van der Waals surface area contributed by atoms with Gasteiger partial charge in [-0.15, -0.1) is 0 Å². The third kappa shape index (κ3) is 2.72. The first-order chi connectivity index (χ1) is 14.9. The molecule has 2 saturated carbocycles. The van der Waals surface area contributed by atoms with Gasteiger partial charge in [0.25, 0.3) is 0 Å². The van der Waals surface area contributed by atoms with Crippen molar-refractivity contribution in [2.75, 3.05) is 4.90 Å². The highest BCUT2D eigenvalue weighted by molar-refractivity contribution is 6.23. The molecule has 5 aliphatic rings. The molecule has 0 radical (unpaired) electrons. The monoisotopic (exact) mass is 413 g/mol. The van der Waals surface area contributed by atoms with Crippen molar-refractivity contribution in [1.29, 1.82) is 0 Å². The molecular weight excluding hydrogens is 390 g/mol. The summed E-state index contributed by atoms with van der Waals surface area (Å²) < 4.78 is 5.55. The summed E-state index contributed by atoms with van der Waals surface area (Å²) in [6, 6.07) is 12.3. The highest BCUT2D eigenvalue weighted by atomic mass is 16.5. The number of hydrogen-bond donors (Lipinski definition) is 0. The molecule has 1 saturated heterocycles. The molecule has 156 valence electrons. The molecular formula is C26H23NO4. The molecule has 1 heterocycles. The molecule has 1 aliphatic heterocycles. The predicted molar refractivity (Wildman–Crippen MR) is 115 cm³/mol. The smallest absolute Gasteiger partial charge is 0.343 e. The van der Waals surface area contributed by atoms with Crippen LogP contribution in [0.1, 0.15) is 27.9 Å². The Hall–Kier alpha value is -3.21. The Labute approximate surface area is 180 Å². The number of rotatable bonds is 3. The predicted octanol–water partition coefficient (Wildman–Crippen LogP) is 4.08. The number of amides is 2. The van der Waals surface area contributed by atoms with Crippen molar-refractivity contribution in [1.82, 2.24) is 0 Å². The number of nitrogens with zero attached hydrogens (tertiary/aromatic N) is 1. The van der Waals surface area contributed by atoms with E-state index in [2.05, 4.69) is 12.2 Å². The molecule has 4 aliphatic carbocycles. The number of carbonyl (C=O) groups is 3. The fraction of sp³-hybridized carbons (Fsp3) is 0.346. The largest absolute Gasteiger partial charge is 0.423 e. The molecule has 0 aromatic heterocycles. The molecule has 5 heteroatoms. The minimum atomic E-state index is -0.508. The number of ether oxygens (including phenoxy) is 1. The Morgan fingerprint density at radius 3 is 2.13 bits per heavy atom. The molecule has 6 atom stereocenters. The lowest BCUT2D eigenvalue weighted by Crippen LogP contribution is -2.40. The second-order valence-electron chi connectivity index (χ2n) is 9.43. The van der Waals surface area contributed by atoms with Gasteiger partial charge in [0.15, 0.2) is 0 Å². The first-order valence-corrected chi connectivity index (χ1v) is 10.9. The second kappa shape index (κ2) is 6.39. The molecule has 3 fully saturated rings. The molecule has 2 amide bonds. The summed E-state index contributed by atoms with van der Waals surface area (Å²) in [5.41, 5.74) is 2.78. The number of carbonyl (C=O) groups excluding carboxylic acids is 3. The second-order valence-corrected chi connectivity index (χ2v) is 9.43. The fourth-order valence-corrected chi connectivity index (χ4v) is 6.14. The summed E-state index contributed by atoms with van der Waals surface area (Å²) in [5.74, 6) is 0.700. The Kier molecular flexibility index (Phi) is 3.83. The molecule has 5 nitrogen and oxygen atoms in total. The average molecular weight is 413 g/mol. The minimum Gasteiger partial charge on any atom is -0.423 e. The van der Waals surface area contributed by atoms with Gasteiger partial charge < -0.3 is 4.74 Å². The first-order valence-electron chi connectivity index (χ1n) is 10.9. The van der Waals surface area contributed by atoms with E-state index in [-0.39, 0.29) is 35.5 Å². The van der Waals surface area contributed by atoms with Crippen molar-refractivity contribution in [3.8, 4) is 5.75 Å². The van der Waals surface area contributed by atoms with E-state index in [1.807, 2.05) is 19.9 Å². The summed E-state index contributed by atoms with van der Waals surface area (Å²) in [4.78, 5) is 40.7. The molecule has 2 bridgehead atoms. The SMILES string of the molecule is Cc1cc(C)cc(OC(=O)c2cccc(N3C(=O)[C@@H]4[C@H]5C=C[C@H]([C@H]6C[C@H]56)[C@@H]4C3=O)c2)c1. The first kappa shape index (κ1) is 18.6. The van der Waals surface area contributed by atoms with Gasteiger partial charge >= 0.3 is 5.97 Å². The van der Waals surface area contributed by atoms with Crippen molar-refractivity contribution in [2.24, 2.45) is 35.5 Å². The maximum atomic E-state index is 13.3. The zero-order valence-electron chi connectivity index (χ0n) is 17.4. The summed E-state index contributed by atoms with van der Waals surface area (Å²) in [6.45, 7) is 3.89. The van der Waals surface area contributed by atoms with E-state index in [1.165, 1.54) is 4.90 Å². The lowest BCUT2D eigenvalue weighted by atomic mass is 9.63. The third-order valence-corrected chi connectivity index (χ3v) is 7.41. The van der Waals surface area contributed by atoms with Crippen LogP contribution in [0.3, 0.4) is 0 Å². The fourth-order valence-electron chi connectivity index (χ4n) is 6.14. The van der Waals surface area contributed by atoms with E-state index >= 15 is 0 Å². The van der Waals surface area contributed by atoms with Crippen LogP contribution in [-0.4, -0.2) is 17.8 Å². The molecule has 2 aromatic carbocycles. The van der Waals surface area contributed by atoms with Gasteiger partial charge in [0, 0.05) is 0 Å². The molecule has 2 aromatic rings. The van der Waals surface area contributed by atoms with Gasteiger partial charge in [0.05, 0.1) is 23.1 Å². The van der Waals surface area contributed by atoms with Crippen LogP contribution in [0.4, 0.5) is 5.69 Å². The number of hydrogen-bond acceptors (Lipinski definition) is 4. The van der Waals surface area contributed by atoms with Gasteiger partial charge in [-0.1, -0.05) is 24.3 Å². The van der Waals surface area contributed by atoms with Crippen molar-refractivity contribution in [3.05, 3.63) is 71.3 Å². The van der Waals surface area contributed by atoms with E-state index in [4.69, 9.17) is 4.74 Å². The Balaban J connectivity index is 1.28. The molecule has 7 rings (SSSR count). The number of benzene rings is 2. The summed E-state index contributed by atoms with van der Waals surface area (Å²) in [5, 5.41) is 0. The van der Waals surface area contributed by atoms with E-state index < -0.39 is 5.97 Å². The van der Waals surface area contributed by atoms with Gasteiger partial charge in [-0.2, -0.15) is 0 Å². The third-order valence-electron chi connectivity index (χ3n) is 7.41. The minimum absolute atomic E-state index is 0.125. The number of esters is 1. The van der Waals surface area contributed by atoms with E-state index in [0.717, 1.165) is 17.5 Å². The highest BCUT2D eigenvalue weighted by Gasteiger charge is 2.67. The lowest BCUT2D eigenvalue weighted by Gasteiger charge is -2.37. The van der Waals surface area contributed by atoms with E-state index in [0.29, 0.717) is 28.8 Å². The van der Waals surface area contributed by atoms with Crippen LogP contribution in [0.5, 0.6) is 5.75 Å². The molecule has 0 N–H and O–H groups in total. The summed E-state index contributed by atoms with van der Waals surface area (Å²) >= 11 is 0. The number of imide groups is 1. The van der Waals surface area contributed by atoms with Gasteiger partial charge in [-0.05, 0) is 85.4 Å². The van der Waals surface area contributed by atoms with Crippen LogP contribution in [-0.2, 0) is 9.59 Å². The van der Waals surface area contributed by atoms with Crippen LogP contribution in [0.25, 0.3) is 0 Å². The number of anilines is 1. The standard InChI is InChI=1S/C26H23NO4/c1-13-8-14(2)10-17(9-13)31-26(30)15-4-3-5-16(11-15)27-24(28)22-18-6-7-19(21-12-20(18)21)23(22)25(27)29/h3-11,18-23H,12H2,1-2H3/t18-,19+,20-,21-,22+,23-/m1/s1. The number of aryl methyl sites for hydroxylation is 2. The van der Waals surface area contributed by atoms with Crippen molar-refractivity contribution < 1.29 is 19.1 Å². The maximum absolute atomic E-state index is 13.3. The van der Waals surface area contributed by atoms with Crippen LogP contribution in [0, 0.1) is 49.4 Å². The quantitative estimate of drug-likeness (QED) is 0.329. The molecule has 0 unspecified atom stereocenters. The lowest BCUT2D eigenvalue weighted by molar-refractivity contribution is -0.124. The van der Waals surface area contributed by atoms with Crippen molar-refractivity contribution in [3.63, 3.8) is 0 Å². The molecule has 0 spiro atoms.